The largest absolute Gasteiger partial charge is 0.497 e. The number of carboxylic acid groups (broad SMARTS) is 1. The average molecular weight is 283 g/mol. The normalized spacial score (nSPS) is 10.7. The lowest BCUT2D eigenvalue weighted by Gasteiger charge is -2.04. The average Bonchev–Trinajstić information content (AvgIpc) is 2.87. The fourth-order valence-corrected chi connectivity index (χ4v) is 2.18. The van der Waals surface area contributed by atoms with Crippen LogP contribution in [0, 0.1) is 0 Å². The van der Waals surface area contributed by atoms with Crippen LogP contribution in [0.5, 0.6) is 5.75 Å². The molecule has 0 unspecified atom stereocenters. The summed E-state index contributed by atoms with van der Waals surface area (Å²) in [5.74, 6) is -0.282. The molecule has 0 aliphatic heterocycles. The summed E-state index contributed by atoms with van der Waals surface area (Å²) < 4.78 is 6.71. The van der Waals surface area contributed by atoms with E-state index in [0.29, 0.717) is 17.6 Å². The van der Waals surface area contributed by atoms with Crippen LogP contribution in [0.4, 0.5) is 0 Å². The summed E-state index contributed by atoms with van der Waals surface area (Å²) in [6.45, 7) is 0.449. The molecule has 6 nitrogen and oxygen atoms in total. The molecular formula is C15H13N3O3. The summed E-state index contributed by atoms with van der Waals surface area (Å²) >= 11 is 0. The number of carbonyl (C=O) groups is 1. The Balaban J connectivity index is 2.01. The van der Waals surface area contributed by atoms with Gasteiger partial charge in [-0.25, -0.2) is 14.5 Å². The third-order valence-corrected chi connectivity index (χ3v) is 3.20. The van der Waals surface area contributed by atoms with Crippen LogP contribution in [-0.4, -0.2) is 33.0 Å². The Bertz CT molecular complexity index is 794. The summed E-state index contributed by atoms with van der Waals surface area (Å²) in [5, 5.41) is 13.9. The third kappa shape index (κ3) is 2.43. The van der Waals surface area contributed by atoms with E-state index < -0.39 is 5.97 Å². The first kappa shape index (κ1) is 13.1. The van der Waals surface area contributed by atoms with E-state index in [2.05, 4.69) is 10.1 Å². The second kappa shape index (κ2) is 5.24. The van der Waals surface area contributed by atoms with E-state index in [1.807, 2.05) is 24.3 Å². The maximum Gasteiger partial charge on any atom is 0.357 e. The van der Waals surface area contributed by atoms with Gasteiger partial charge in [-0.2, -0.15) is 5.10 Å². The first-order valence-corrected chi connectivity index (χ1v) is 6.37. The van der Waals surface area contributed by atoms with E-state index in [-0.39, 0.29) is 5.69 Å². The first-order chi connectivity index (χ1) is 10.2. The molecule has 3 aromatic rings. The number of rotatable bonds is 4. The smallest absolute Gasteiger partial charge is 0.357 e. The number of hydrogen-bond donors (Lipinski definition) is 1. The minimum Gasteiger partial charge on any atom is -0.497 e. The van der Waals surface area contributed by atoms with Crippen LogP contribution in [0.2, 0.25) is 0 Å². The van der Waals surface area contributed by atoms with Gasteiger partial charge in [0, 0.05) is 6.20 Å². The van der Waals surface area contributed by atoms with Crippen molar-refractivity contribution in [3.63, 3.8) is 0 Å². The van der Waals surface area contributed by atoms with Crippen LogP contribution in [0.1, 0.15) is 16.1 Å². The zero-order valence-corrected chi connectivity index (χ0v) is 11.4. The number of nitrogens with zero attached hydrogens (tertiary/aromatic N) is 3. The van der Waals surface area contributed by atoms with Crippen molar-refractivity contribution in [1.82, 2.24) is 14.8 Å². The van der Waals surface area contributed by atoms with Crippen LogP contribution in [-0.2, 0) is 6.54 Å². The Morgan fingerprint density at radius 2 is 2.05 bits per heavy atom. The highest BCUT2D eigenvalue weighted by Crippen LogP contribution is 2.18. The summed E-state index contributed by atoms with van der Waals surface area (Å²) in [5.41, 5.74) is 1.57. The molecule has 0 saturated carbocycles. The molecule has 2 aromatic heterocycles. The topological polar surface area (TPSA) is 77.2 Å². The molecule has 0 spiro atoms. The Labute approximate surface area is 120 Å². The quantitative estimate of drug-likeness (QED) is 0.794. The van der Waals surface area contributed by atoms with E-state index >= 15 is 0 Å². The molecular weight excluding hydrogens is 270 g/mol. The molecule has 0 radical (unpaired) electrons. The number of benzene rings is 1. The Kier molecular flexibility index (Phi) is 3.27. The van der Waals surface area contributed by atoms with Crippen LogP contribution in [0.25, 0.3) is 11.0 Å². The van der Waals surface area contributed by atoms with E-state index in [1.54, 1.807) is 30.1 Å². The molecule has 0 aliphatic rings. The van der Waals surface area contributed by atoms with Crippen LogP contribution in [0.15, 0.2) is 42.6 Å². The van der Waals surface area contributed by atoms with Crippen molar-refractivity contribution in [2.45, 2.75) is 6.54 Å². The fraction of sp³-hybridized carbons (Fsp3) is 0.133. The van der Waals surface area contributed by atoms with Gasteiger partial charge >= 0.3 is 5.97 Å². The van der Waals surface area contributed by atoms with Gasteiger partial charge in [-0.15, -0.1) is 0 Å². The molecule has 0 atom stereocenters. The minimum atomic E-state index is -1.05. The summed E-state index contributed by atoms with van der Waals surface area (Å²) in [7, 11) is 1.61. The van der Waals surface area contributed by atoms with Gasteiger partial charge in [-0.05, 0) is 29.8 Å². The molecule has 21 heavy (non-hydrogen) atoms. The number of aromatic carboxylic acids is 1. The Hall–Kier alpha value is -2.89. The molecule has 0 amide bonds. The van der Waals surface area contributed by atoms with Crippen molar-refractivity contribution in [3.05, 3.63) is 53.9 Å². The second-order valence-corrected chi connectivity index (χ2v) is 4.53. The van der Waals surface area contributed by atoms with Gasteiger partial charge in [0.1, 0.15) is 5.75 Å². The molecule has 106 valence electrons. The maximum absolute atomic E-state index is 11.2. The van der Waals surface area contributed by atoms with Crippen LogP contribution < -0.4 is 4.74 Å². The highest BCUT2D eigenvalue weighted by atomic mass is 16.5. The van der Waals surface area contributed by atoms with Crippen molar-refractivity contribution >= 4 is 17.0 Å². The molecule has 1 aromatic carbocycles. The van der Waals surface area contributed by atoms with Crippen LogP contribution in [0.3, 0.4) is 0 Å². The molecule has 6 heteroatoms. The number of carboxylic acids is 1. The number of ether oxygens (including phenoxy) is 1. The van der Waals surface area contributed by atoms with Crippen molar-refractivity contribution in [2.24, 2.45) is 0 Å². The standard InChI is InChI=1S/C15H13N3O3/c1-21-11-6-4-10(5-7-11)9-18-14-12(3-2-8-16-14)13(17-18)15(19)20/h2-8H,9H2,1H3,(H,19,20). The van der Waals surface area contributed by atoms with Gasteiger partial charge < -0.3 is 9.84 Å². The number of hydrogen-bond acceptors (Lipinski definition) is 4. The summed E-state index contributed by atoms with van der Waals surface area (Å²) in [6.07, 6.45) is 1.63. The molecule has 3 rings (SSSR count). The van der Waals surface area contributed by atoms with Crippen molar-refractivity contribution in [2.75, 3.05) is 7.11 Å². The summed E-state index contributed by atoms with van der Waals surface area (Å²) in [4.78, 5) is 15.5. The Morgan fingerprint density at radius 3 is 2.71 bits per heavy atom. The zero-order valence-electron chi connectivity index (χ0n) is 11.4. The van der Waals surface area contributed by atoms with Gasteiger partial charge in [-0.1, -0.05) is 12.1 Å². The molecule has 1 N–H and O–H groups in total. The maximum atomic E-state index is 11.2. The molecule has 0 bridgehead atoms. The molecule has 2 heterocycles. The number of methoxy groups -OCH3 is 1. The zero-order chi connectivity index (χ0) is 14.8. The highest BCUT2D eigenvalue weighted by molar-refractivity contribution is 5.99. The molecule has 0 aliphatic carbocycles. The first-order valence-electron chi connectivity index (χ1n) is 6.37. The van der Waals surface area contributed by atoms with E-state index in [1.165, 1.54) is 0 Å². The number of aromatic nitrogens is 3. The van der Waals surface area contributed by atoms with Crippen LogP contribution >= 0.6 is 0 Å². The predicted octanol–water partition coefficient (Wildman–Crippen LogP) is 2.19. The van der Waals surface area contributed by atoms with Gasteiger partial charge in [-0.3, -0.25) is 0 Å². The van der Waals surface area contributed by atoms with Crippen molar-refractivity contribution in [1.29, 1.82) is 0 Å². The van der Waals surface area contributed by atoms with Gasteiger partial charge in [0.25, 0.3) is 0 Å². The van der Waals surface area contributed by atoms with E-state index in [9.17, 15) is 9.90 Å². The SMILES string of the molecule is COc1ccc(Cn2nc(C(=O)O)c3cccnc32)cc1. The second-order valence-electron chi connectivity index (χ2n) is 4.53. The minimum absolute atomic E-state index is 0.0200. The third-order valence-electron chi connectivity index (χ3n) is 3.20. The predicted molar refractivity (Wildman–Crippen MR) is 76.6 cm³/mol. The van der Waals surface area contributed by atoms with Gasteiger partial charge in [0.15, 0.2) is 11.3 Å². The van der Waals surface area contributed by atoms with Gasteiger partial charge in [0.05, 0.1) is 19.0 Å². The van der Waals surface area contributed by atoms with Gasteiger partial charge in [0.2, 0.25) is 0 Å². The lowest BCUT2D eigenvalue weighted by Crippen LogP contribution is -2.05. The lowest BCUT2D eigenvalue weighted by molar-refractivity contribution is 0.0691. The summed E-state index contributed by atoms with van der Waals surface area (Å²) in [6, 6.07) is 10.9. The van der Waals surface area contributed by atoms with Crippen molar-refractivity contribution in [3.8, 4) is 5.75 Å². The monoisotopic (exact) mass is 283 g/mol. The highest BCUT2D eigenvalue weighted by Gasteiger charge is 2.16. The molecule has 0 saturated heterocycles. The fourth-order valence-electron chi connectivity index (χ4n) is 2.18. The van der Waals surface area contributed by atoms with E-state index in [0.717, 1.165) is 11.3 Å². The lowest BCUT2D eigenvalue weighted by atomic mass is 10.2. The number of fused-ring (bicyclic) bond motifs is 1. The Morgan fingerprint density at radius 1 is 1.29 bits per heavy atom. The van der Waals surface area contributed by atoms with Crippen molar-refractivity contribution < 1.29 is 14.6 Å². The van der Waals surface area contributed by atoms with E-state index in [4.69, 9.17) is 4.74 Å². The number of pyridine rings is 1. The molecule has 0 fully saturated rings.